The second-order valence-electron chi connectivity index (χ2n) is 8.30. The van der Waals surface area contributed by atoms with Gasteiger partial charge in [-0.15, -0.1) is 10.2 Å². The third-order valence-electron chi connectivity index (χ3n) is 5.80. The van der Waals surface area contributed by atoms with Gasteiger partial charge in [0, 0.05) is 11.4 Å². The Bertz CT molecular complexity index is 1050. The Kier molecular flexibility index (Phi) is 10.6. The van der Waals surface area contributed by atoms with Crippen molar-refractivity contribution in [3.05, 3.63) is 59.7 Å². The topological polar surface area (TPSA) is 84.0 Å². The van der Waals surface area contributed by atoms with Gasteiger partial charge in [-0.2, -0.15) is 0 Å². The van der Waals surface area contributed by atoms with Crippen molar-refractivity contribution >= 4 is 58.0 Å². The van der Waals surface area contributed by atoms with Crippen molar-refractivity contribution < 1.29 is 9.59 Å². The first kappa shape index (κ1) is 27.2. The van der Waals surface area contributed by atoms with Crippen molar-refractivity contribution in [1.29, 1.82) is 0 Å². The molecular weight excluding hydrogens is 497 g/mol. The lowest BCUT2D eigenvalue weighted by molar-refractivity contribution is -0.114. The first-order valence-electron chi connectivity index (χ1n) is 11.8. The van der Waals surface area contributed by atoms with Crippen molar-refractivity contribution in [3.63, 3.8) is 0 Å². The highest BCUT2D eigenvalue weighted by Crippen LogP contribution is 2.31. The molecule has 0 fully saturated rings. The lowest BCUT2D eigenvalue weighted by Gasteiger charge is -2.15. The summed E-state index contributed by atoms with van der Waals surface area (Å²) in [5.74, 6) is 1.11. The van der Waals surface area contributed by atoms with E-state index in [0.717, 1.165) is 35.3 Å². The zero-order valence-electron chi connectivity index (χ0n) is 20.5. The Balaban J connectivity index is 1.47. The van der Waals surface area contributed by atoms with Gasteiger partial charge in [-0.25, -0.2) is 0 Å². The molecule has 0 saturated heterocycles. The second-order valence-corrected chi connectivity index (χ2v) is 11.7. The molecule has 0 aliphatic rings. The number of hydrogen-bond donors (Lipinski definition) is 2. The molecule has 2 N–H and O–H groups in total. The molecule has 1 heterocycles. The Morgan fingerprint density at radius 1 is 0.771 bits per heavy atom. The van der Waals surface area contributed by atoms with Crippen LogP contribution < -0.4 is 10.6 Å². The third kappa shape index (κ3) is 8.08. The minimum atomic E-state index is -0.0745. The molecule has 2 amide bonds. The highest BCUT2D eigenvalue weighted by Gasteiger charge is 2.15. The molecule has 3 rings (SSSR count). The van der Waals surface area contributed by atoms with Crippen molar-refractivity contribution in [2.45, 2.75) is 61.1 Å². The van der Waals surface area contributed by atoms with E-state index >= 15 is 0 Å². The lowest BCUT2D eigenvalue weighted by atomic mass is 9.97. The summed E-state index contributed by atoms with van der Waals surface area (Å²) < 4.78 is 1.42. The number of amides is 2. The Hall–Kier alpha value is -2.36. The predicted molar refractivity (Wildman–Crippen MR) is 149 cm³/mol. The molecule has 35 heavy (non-hydrogen) atoms. The number of benzene rings is 2. The largest absolute Gasteiger partial charge is 0.325 e. The van der Waals surface area contributed by atoms with Crippen molar-refractivity contribution in [2.24, 2.45) is 0 Å². The summed E-state index contributed by atoms with van der Waals surface area (Å²) in [6.45, 7) is 8.59. The molecule has 0 bridgehead atoms. The average molecular weight is 529 g/mol. The molecule has 9 heteroatoms. The third-order valence-corrected chi connectivity index (χ3v) is 8.99. The van der Waals surface area contributed by atoms with Crippen LogP contribution in [0.1, 0.15) is 63.5 Å². The van der Waals surface area contributed by atoms with Crippen LogP contribution in [0.25, 0.3) is 0 Å². The van der Waals surface area contributed by atoms with Gasteiger partial charge >= 0.3 is 0 Å². The molecule has 0 unspecified atom stereocenters. The van der Waals surface area contributed by atoms with E-state index in [9.17, 15) is 9.59 Å². The molecule has 3 aromatic rings. The Morgan fingerprint density at radius 2 is 1.17 bits per heavy atom. The predicted octanol–water partition coefficient (Wildman–Crippen LogP) is 7.03. The number of rotatable bonds is 12. The quantitative estimate of drug-likeness (QED) is 0.246. The summed E-state index contributed by atoms with van der Waals surface area (Å²) in [7, 11) is 0. The first-order chi connectivity index (χ1) is 16.9. The number of nitrogens with zero attached hydrogens (tertiary/aromatic N) is 2. The molecule has 0 saturated carbocycles. The van der Waals surface area contributed by atoms with Crippen LogP contribution in [0.2, 0.25) is 0 Å². The van der Waals surface area contributed by atoms with Crippen LogP contribution in [0.15, 0.2) is 57.2 Å². The maximum atomic E-state index is 12.5. The first-order valence-corrected chi connectivity index (χ1v) is 14.6. The van der Waals surface area contributed by atoms with Crippen LogP contribution in [0.5, 0.6) is 0 Å². The van der Waals surface area contributed by atoms with E-state index < -0.39 is 0 Å². The number of anilines is 2. The number of nitrogens with one attached hydrogen (secondary N) is 2. The summed E-state index contributed by atoms with van der Waals surface area (Å²) in [6, 6.07) is 15.9. The lowest BCUT2D eigenvalue weighted by Crippen LogP contribution is -2.15. The van der Waals surface area contributed by atoms with Gasteiger partial charge in [-0.1, -0.05) is 99.0 Å². The van der Waals surface area contributed by atoms with E-state index in [2.05, 4.69) is 60.7 Å². The van der Waals surface area contributed by atoms with E-state index in [1.807, 2.05) is 36.4 Å². The van der Waals surface area contributed by atoms with Crippen molar-refractivity contribution in [3.8, 4) is 0 Å². The number of thioether (sulfide) groups is 2. The van der Waals surface area contributed by atoms with Gasteiger partial charge in [0.05, 0.1) is 11.5 Å². The zero-order valence-corrected chi connectivity index (χ0v) is 23.0. The van der Waals surface area contributed by atoms with Gasteiger partial charge < -0.3 is 10.6 Å². The van der Waals surface area contributed by atoms with Crippen LogP contribution in [-0.2, 0) is 9.59 Å². The molecule has 0 spiro atoms. The molecule has 0 radical (unpaired) electrons. The van der Waals surface area contributed by atoms with Gasteiger partial charge in [0.15, 0.2) is 8.68 Å². The fraction of sp³-hybridized carbons (Fsp3) is 0.385. The van der Waals surface area contributed by atoms with Crippen LogP contribution in [0.4, 0.5) is 11.4 Å². The minimum Gasteiger partial charge on any atom is -0.325 e. The summed E-state index contributed by atoms with van der Waals surface area (Å²) in [4.78, 5) is 25.0. The molecular formula is C26H32N4O2S3. The fourth-order valence-corrected chi connectivity index (χ4v) is 6.08. The summed E-state index contributed by atoms with van der Waals surface area (Å²) >= 11 is 4.10. The minimum absolute atomic E-state index is 0.0745. The van der Waals surface area contributed by atoms with Crippen LogP contribution in [-0.4, -0.2) is 33.5 Å². The standard InChI is InChI=1S/C26H32N4O2S3/c1-5-17(3)19-11-7-9-13-21(19)27-23(31)15-33-25-29-30-26(35-25)34-16-24(32)28-22-14-10-8-12-20(22)18(4)6-2/h7-14,17-18H,5-6,15-16H2,1-4H3,(H,27,31)(H,28,32)/t17-,18-/m1/s1. The van der Waals surface area contributed by atoms with E-state index in [1.54, 1.807) is 0 Å². The average Bonchev–Trinajstić information content (AvgIpc) is 3.34. The SMILES string of the molecule is CC[C@@H](C)c1ccccc1NC(=O)CSc1nnc(SCC(=O)Nc2ccccc2[C@H](C)CC)s1. The highest BCUT2D eigenvalue weighted by atomic mass is 32.2. The highest BCUT2D eigenvalue weighted by molar-refractivity contribution is 8.03. The normalized spacial score (nSPS) is 12.7. The van der Waals surface area contributed by atoms with Gasteiger partial charge in [-0.3, -0.25) is 9.59 Å². The van der Waals surface area contributed by atoms with E-state index in [0.29, 0.717) is 20.5 Å². The number of aromatic nitrogens is 2. The number of para-hydroxylation sites is 2. The number of hydrogen-bond acceptors (Lipinski definition) is 7. The molecule has 2 aromatic carbocycles. The molecule has 1 aromatic heterocycles. The molecule has 2 atom stereocenters. The fourth-order valence-electron chi connectivity index (χ4n) is 3.46. The van der Waals surface area contributed by atoms with Gasteiger partial charge in [-0.05, 0) is 47.9 Å². The van der Waals surface area contributed by atoms with Crippen LogP contribution in [0, 0.1) is 0 Å². The van der Waals surface area contributed by atoms with Gasteiger partial charge in [0.2, 0.25) is 11.8 Å². The maximum Gasteiger partial charge on any atom is 0.234 e. The van der Waals surface area contributed by atoms with Gasteiger partial charge in [0.25, 0.3) is 0 Å². The van der Waals surface area contributed by atoms with Crippen LogP contribution in [0.3, 0.4) is 0 Å². The summed E-state index contributed by atoms with van der Waals surface area (Å²) in [6.07, 6.45) is 2.02. The summed E-state index contributed by atoms with van der Waals surface area (Å²) in [5, 5.41) is 14.4. The zero-order chi connectivity index (χ0) is 25.2. The van der Waals surface area contributed by atoms with Gasteiger partial charge in [0.1, 0.15) is 0 Å². The molecule has 0 aliphatic heterocycles. The van der Waals surface area contributed by atoms with Crippen LogP contribution >= 0.6 is 34.9 Å². The Morgan fingerprint density at radius 3 is 1.57 bits per heavy atom. The maximum absolute atomic E-state index is 12.5. The molecule has 186 valence electrons. The van der Waals surface area contributed by atoms with Crippen molar-refractivity contribution in [1.82, 2.24) is 10.2 Å². The van der Waals surface area contributed by atoms with Crippen molar-refractivity contribution in [2.75, 3.05) is 22.1 Å². The smallest absolute Gasteiger partial charge is 0.234 e. The van der Waals surface area contributed by atoms with E-state index in [-0.39, 0.29) is 23.3 Å². The van der Waals surface area contributed by atoms with E-state index in [4.69, 9.17) is 0 Å². The number of carbonyl (C=O) groups is 2. The Labute approximate surface area is 220 Å². The molecule has 6 nitrogen and oxygen atoms in total. The monoisotopic (exact) mass is 528 g/mol. The van der Waals surface area contributed by atoms with E-state index in [1.165, 1.54) is 34.9 Å². The molecule has 0 aliphatic carbocycles. The number of carbonyl (C=O) groups excluding carboxylic acids is 2. The summed E-state index contributed by atoms with van der Waals surface area (Å²) in [5.41, 5.74) is 4.02. The second kappa shape index (κ2) is 13.7.